The van der Waals surface area contributed by atoms with Crippen molar-refractivity contribution in [2.45, 2.75) is 6.10 Å². The van der Waals surface area contributed by atoms with Gasteiger partial charge in [-0.25, -0.2) is 0 Å². The summed E-state index contributed by atoms with van der Waals surface area (Å²) >= 11 is 3.27. The molecule has 0 aromatic carbocycles. The molecule has 0 amide bonds. The first-order valence-corrected chi connectivity index (χ1v) is 6.03. The van der Waals surface area contributed by atoms with Crippen LogP contribution >= 0.6 is 15.9 Å². The smallest absolute Gasteiger partial charge is 0.262 e. The van der Waals surface area contributed by atoms with Crippen molar-refractivity contribution in [1.82, 2.24) is 15.5 Å². The molecule has 7 heteroatoms. The number of furan rings is 1. The summed E-state index contributed by atoms with van der Waals surface area (Å²) in [4.78, 5) is 4.30. The highest BCUT2D eigenvalue weighted by Crippen LogP contribution is 2.29. The Hall–Kier alpha value is -1.18. The van der Waals surface area contributed by atoms with Crippen LogP contribution in [0.2, 0.25) is 0 Å². The van der Waals surface area contributed by atoms with E-state index in [2.05, 4.69) is 31.4 Å². The van der Waals surface area contributed by atoms with Gasteiger partial charge in [0.15, 0.2) is 4.67 Å². The van der Waals surface area contributed by atoms with Crippen LogP contribution in [0.25, 0.3) is 11.5 Å². The summed E-state index contributed by atoms with van der Waals surface area (Å²) in [5.74, 6) is 0.982. The Kier molecular flexibility index (Phi) is 2.96. The molecule has 0 bridgehead atoms. The van der Waals surface area contributed by atoms with E-state index < -0.39 is 0 Å². The lowest BCUT2D eigenvalue weighted by molar-refractivity contribution is 0.0208. The van der Waals surface area contributed by atoms with E-state index in [1.165, 1.54) is 0 Å². The number of nitrogens with one attached hydrogen (secondary N) is 1. The van der Waals surface area contributed by atoms with Crippen LogP contribution < -0.4 is 5.32 Å². The Morgan fingerprint density at radius 1 is 1.47 bits per heavy atom. The molecule has 1 atom stereocenters. The SMILES string of the molecule is Brc1occc1-c1nc(C2CNCCO2)no1. The highest BCUT2D eigenvalue weighted by molar-refractivity contribution is 9.10. The fourth-order valence-electron chi connectivity index (χ4n) is 1.65. The van der Waals surface area contributed by atoms with Crippen molar-refractivity contribution in [2.24, 2.45) is 0 Å². The van der Waals surface area contributed by atoms with E-state index in [0.717, 1.165) is 12.1 Å². The van der Waals surface area contributed by atoms with Gasteiger partial charge < -0.3 is 19.0 Å². The lowest BCUT2D eigenvalue weighted by atomic mass is 10.3. The number of rotatable bonds is 2. The second kappa shape index (κ2) is 4.59. The van der Waals surface area contributed by atoms with Crippen molar-refractivity contribution >= 4 is 15.9 Å². The van der Waals surface area contributed by atoms with Crippen molar-refractivity contribution in [3.63, 3.8) is 0 Å². The molecule has 1 unspecified atom stereocenters. The first kappa shape index (κ1) is 10.9. The number of hydrogen-bond acceptors (Lipinski definition) is 6. The van der Waals surface area contributed by atoms with Gasteiger partial charge in [0, 0.05) is 13.1 Å². The Bertz CT molecular complexity index is 504. The summed E-state index contributed by atoms with van der Waals surface area (Å²) < 4.78 is 16.4. The van der Waals surface area contributed by atoms with E-state index in [1.807, 2.05) is 0 Å². The molecule has 0 spiro atoms. The summed E-state index contributed by atoms with van der Waals surface area (Å²) in [6.45, 7) is 2.21. The maximum Gasteiger partial charge on any atom is 0.262 e. The van der Waals surface area contributed by atoms with Gasteiger partial charge in [0.05, 0.1) is 18.4 Å². The average molecular weight is 300 g/mol. The Morgan fingerprint density at radius 3 is 3.12 bits per heavy atom. The van der Waals surface area contributed by atoms with Gasteiger partial charge in [-0.3, -0.25) is 0 Å². The standard InChI is InChI=1S/C10H10BrN3O3/c11-8-6(1-3-16-8)10-13-9(14-17-10)7-5-12-2-4-15-7/h1,3,7,12H,2,4-5H2. The van der Waals surface area contributed by atoms with E-state index in [-0.39, 0.29) is 6.10 Å². The van der Waals surface area contributed by atoms with Crippen LogP contribution in [0, 0.1) is 0 Å². The van der Waals surface area contributed by atoms with Crippen LogP contribution in [0.4, 0.5) is 0 Å². The Labute approximate surface area is 105 Å². The molecule has 1 N–H and O–H groups in total. The minimum Gasteiger partial charge on any atom is -0.457 e. The summed E-state index contributed by atoms with van der Waals surface area (Å²) in [5, 5.41) is 7.14. The molecule has 90 valence electrons. The van der Waals surface area contributed by atoms with Crippen molar-refractivity contribution in [3.05, 3.63) is 22.8 Å². The van der Waals surface area contributed by atoms with Gasteiger partial charge in [-0.15, -0.1) is 0 Å². The van der Waals surface area contributed by atoms with Crippen LogP contribution in [-0.2, 0) is 4.74 Å². The molecular weight excluding hydrogens is 290 g/mol. The zero-order valence-electron chi connectivity index (χ0n) is 8.85. The van der Waals surface area contributed by atoms with Gasteiger partial charge in [0.25, 0.3) is 5.89 Å². The predicted octanol–water partition coefficient (Wildman–Crippen LogP) is 1.75. The van der Waals surface area contributed by atoms with Crippen LogP contribution in [0.3, 0.4) is 0 Å². The number of halogens is 1. The molecule has 2 aromatic heterocycles. The van der Waals surface area contributed by atoms with Gasteiger partial charge >= 0.3 is 0 Å². The van der Waals surface area contributed by atoms with Crippen molar-refractivity contribution in [3.8, 4) is 11.5 Å². The second-order valence-electron chi connectivity index (χ2n) is 3.63. The van der Waals surface area contributed by atoms with E-state index >= 15 is 0 Å². The zero-order chi connectivity index (χ0) is 11.7. The highest BCUT2D eigenvalue weighted by Gasteiger charge is 2.23. The van der Waals surface area contributed by atoms with E-state index in [0.29, 0.717) is 29.5 Å². The molecule has 1 fully saturated rings. The highest BCUT2D eigenvalue weighted by atomic mass is 79.9. The van der Waals surface area contributed by atoms with Crippen LogP contribution in [0.5, 0.6) is 0 Å². The molecule has 0 aliphatic carbocycles. The molecule has 6 nitrogen and oxygen atoms in total. The molecule has 0 saturated carbocycles. The van der Waals surface area contributed by atoms with Gasteiger partial charge in [-0.1, -0.05) is 5.16 Å². The third kappa shape index (κ3) is 2.13. The maximum absolute atomic E-state index is 5.54. The minimum atomic E-state index is -0.146. The van der Waals surface area contributed by atoms with Gasteiger partial charge in [-0.05, 0) is 22.0 Å². The van der Waals surface area contributed by atoms with Crippen molar-refractivity contribution in [1.29, 1.82) is 0 Å². The lowest BCUT2D eigenvalue weighted by Gasteiger charge is -2.20. The number of aromatic nitrogens is 2. The fourth-order valence-corrected chi connectivity index (χ4v) is 2.06. The molecule has 1 aliphatic rings. The molecule has 1 aliphatic heterocycles. The summed E-state index contributed by atoms with van der Waals surface area (Å²) in [6.07, 6.45) is 1.41. The zero-order valence-corrected chi connectivity index (χ0v) is 10.4. The van der Waals surface area contributed by atoms with E-state index in [4.69, 9.17) is 13.7 Å². The minimum absolute atomic E-state index is 0.146. The predicted molar refractivity (Wildman–Crippen MR) is 61.3 cm³/mol. The van der Waals surface area contributed by atoms with E-state index in [1.54, 1.807) is 12.3 Å². The lowest BCUT2D eigenvalue weighted by Crippen LogP contribution is -2.33. The molecule has 2 aromatic rings. The molecule has 3 heterocycles. The van der Waals surface area contributed by atoms with Crippen LogP contribution in [-0.4, -0.2) is 29.8 Å². The molecule has 1 saturated heterocycles. The number of nitrogens with zero attached hydrogens (tertiary/aromatic N) is 2. The third-order valence-corrected chi connectivity index (χ3v) is 3.12. The van der Waals surface area contributed by atoms with Gasteiger partial charge in [-0.2, -0.15) is 4.98 Å². The Morgan fingerprint density at radius 2 is 2.41 bits per heavy atom. The maximum atomic E-state index is 5.54. The fraction of sp³-hybridized carbons (Fsp3) is 0.400. The molecular formula is C10H10BrN3O3. The summed E-state index contributed by atoms with van der Waals surface area (Å²) in [7, 11) is 0. The van der Waals surface area contributed by atoms with E-state index in [9.17, 15) is 0 Å². The first-order valence-electron chi connectivity index (χ1n) is 5.24. The van der Waals surface area contributed by atoms with Crippen LogP contribution in [0.1, 0.15) is 11.9 Å². The van der Waals surface area contributed by atoms with Crippen LogP contribution in [0.15, 0.2) is 25.9 Å². The summed E-state index contributed by atoms with van der Waals surface area (Å²) in [5.41, 5.74) is 0.743. The monoisotopic (exact) mass is 299 g/mol. The molecule has 3 rings (SSSR count). The topological polar surface area (TPSA) is 73.3 Å². The quantitative estimate of drug-likeness (QED) is 0.911. The van der Waals surface area contributed by atoms with Gasteiger partial charge in [0.1, 0.15) is 6.10 Å². The third-order valence-electron chi connectivity index (χ3n) is 2.51. The number of ether oxygens (including phenoxy) is 1. The second-order valence-corrected chi connectivity index (χ2v) is 4.35. The largest absolute Gasteiger partial charge is 0.457 e. The number of morpholine rings is 1. The first-order chi connectivity index (χ1) is 8.34. The van der Waals surface area contributed by atoms with Crippen molar-refractivity contribution < 1.29 is 13.7 Å². The average Bonchev–Trinajstić information content (AvgIpc) is 2.98. The molecule has 0 radical (unpaired) electrons. The molecule has 17 heavy (non-hydrogen) atoms. The summed E-state index contributed by atoms with van der Waals surface area (Å²) in [6, 6.07) is 1.77. The Balaban J connectivity index is 1.85. The normalized spacial score (nSPS) is 20.6. The van der Waals surface area contributed by atoms with Crippen molar-refractivity contribution in [2.75, 3.05) is 19.7 Å². The number of hydrogen-bond donors (Lipinski definition) is 1. The van der Waals surface area contributed by atoms with Gasteiger partial charge in [0.2, 0.25) is 5.82 Å².